The van der Waals surface area contributed by atoms with Crippen molar-refractivity contribution in [2.24, 2.45) is 5.41 Å². The van der Waals surface area contributed by atoms with Gasteiger partial charge in [0.25, 0.3) is 5.91 Å². The lowest BCUT2D eigenvalue weighted by Crippen LogP contribution is -2.57. The number of fused-ring (bicyclic) bond motifs is 1. The third-order valence-corrected chi connectivity index (χ3v) is 11.0. The molecule has 2 aliphatic heterocycles. The van der Waals surface area contributed by atoms with Gasteiger partial charge in [0.05, 0.1) is 30.6 Å². The topological polar surface area (TPSA) is 149 Å². The zero-order chi connectivity index (χ0) is 38.0. The van der Waals surface area contributed by atoms with E-state index >= 15 is 0 Å². The minimum absolute atomic E-state index is 0.0510. The molecule has 0 saturated carbocycles. The summed E-state index contributed by atoms with van der Waals surface area (Å²) in [6, 6.07) is 9.36. The fourth-order valence-corrected chi connectivity index (χ4v) is 8.38. The standard InChI is InChI=1S/C35H45F3N7O6P/c1-7-50-52(49,51-8-2)21-22-9-11-23(12-10-22)40-33-39-19-25(35(36,37)38)30(42-33)41-26-13-14-27(24-20-43(6)31(46)28(24)26)44-15-17-45(18-16-44)29(32(47)48)34(3,4)5/h9-14,19,29H,7-8,15-18,20-21H2,1-6H3,(H,47,48)(H2,39,40,41,42). The molecule has 3 heterocycles. The largest absolute Gasteiger partial charge is 0.480 e. The fraction of sp³-hybridized carbons (Fsp3) is 0.486. The molecule has 13 nitrogen and oxygen atoms in total. The van der Waals surface area contributed by atoms with Crippen LogP contribution in [0.4, 0.5) is 42.0 Å². The maximum Gasteiger partial charge on any atom is 0.421 e. The van der Waals surface area contributed by atoms with Crippen molar-refractivity contribution in [1.82, 2.24) is 19.8 Å². The number of nitrogens with one attached hydrogen (secondary N) is 2. The molecule has 282 valence electrons. The number of rotatable bonds is 13. The second kappa shape index (κ2) is 15.4. The highest BCUT2D eigenvalue weighted by Gasteiger charge is 2.40. The Morgan fingerprint density at radius 2 is 1.63 bits per heavy atom. The van der Waals surface area contributed by atoms with E-state index in [2.05, 4.69) is 25.5 Å². The zero-order valence-corrected chi connectivity index (χ0v) is 31.0. The maximum atomic E-state index is 14.2. The monoisotopic (exact) mass is 747 g/mol. The lowest BCUT2D eigenvalue weighted by atomic mass is 9.85. The molecule has 0 spiro atoms. The Morgan fingerprint density at radius 3 is 2.19 bits per heavy atom. The first kappa shape index (κ1) is 39.0. The average Bonchev–Trinajstić information content (AvgIpc) is 3.35. The van der Waals surface area contributed by atoms with Crippen LogP contribution in [0.3, 0.4) is 0 Å². The van der Waals surface area contributed by atoms with Crippen LogP contribution in [-0.2, 0) is 37.3 Å². The third kappa shape index (κ3) is 8.68. The number of carboxylic acid groups (broad SMARTS) is 1. The molecule has 2 aliphatic rings. The molecule has 0 bridgehead atoms. The number of aromatic nitrogens is 2. The van der Waals surface area contributed by atoms with Crippen LogP contribution in [0.25, 0.3) is 0 Å². The maximum absolute atomic E-state index is 14.2. The number of alkyl halides is 3. The lowest BCUT2D eigenvalue weighted by Gasteiger charge is -2.43. The molecule has 1 amide bonds. The molecule has 1 saturated heterocycles. The van der Waals surface area contributed by atoms with Gasteiger partial charge < -0.3 is 34.6 Å². The number of carbonyl (C=O) groups excluding carboxylic acids is 1. The van der Waals surface area contributed by atoms with Gasteiger partial charge in [-0.2, -0.15) is 18.2 Å². The van der Waals surface area contributed by atoms with Crippen molar-refractivity contribution in [3.05, 3.63) is 64.8 Å². The summed E-state index contributed by atoms with van der Waals surface area (Å²) in [4.78, 5) is 39.1. The quantitative estimate of drug-likeness (QED) is 0.155. The van der Waals surface area contributed by atoms with Crippen LogP contribution in [0.15, 0.2) is 42.6 Å². The van der Waals surface area contributed by atoms with Gasteiger partial charge in [0, 0.05) is 62.9 Å². The van der Waals surface area contributed by atoms with Crippen LogP contribution in [0, 0.1) is 5.41 Å². The Balaban J connectivity index is 1.39. The molecule has 1 fully saturated rings. The van der Waals surface area contributed by atoms with E-state index in [0.29, 0.717) is 49.2 Å². The summed E-state index contributed by atoms with van der Waals surface area (Å²) in [5.41, 5.74) is 1.39. The molecule has 0 radical (unpaired) electrons. The van der Waals surface area contributed by atoms with E-state index in [1.807, 2.05) is 25.7 Å². The van der Waals surface area contributed by atoms with Crippen LogP contribution in [-0.4, -0.2) is 89.2 Å². The number of carbonyl (C=O) groups is 2. The molecule has 5 rings (SSSR count). The van der Waals surface area contributed by atoms with Gasteiger partial charge in [0.1, 0.15) is 17.4 Å². The van der Waals surface area contributed by atoms with Crippen LogP contribution in [0.5, 0.6) is 0 Å². The van der Waals surface area contributed by atoms with Gasteiger partial charge in [-0.3, -0.25) is 19.1 Å². The van der Waals surface area contributed by atoms with Crippen molar-refractivity contribution < 1.29 is 41.5 Å². The summed E-state index contributed by atoms with van der Waals surface area (Å²) in [6.07, 6.45) is -4.08. The molecule has 1 aromatic heterocycles. The number of piperazine rings is 1. The summed E-state index contributed by atoms with van der Waals surface area (Å²) < 4.78 is 66.3. The Hall–Kier alpha value is -4.24. The highest BCUT2D eigenvalue weighted by Crippen LogP contribution is 2.51. The van der Waals surface area contributed by atoms with Gasteiger partial charge in [0.2, 0.25) is 5.95 Å². The SMILES string of the molecule is CCOP(=O)(Cc1ccc(Nc2ncc(C(F)(F)F)c(Nc3ccc(N4CCN(C(C(=O)O)C(C)(C)C)CC4)c4c3C(=O)N(C)C4)n2)cc1)OCC. The van der Waals surface area contributed by atoms with Crippen molar-refractivity contribution in [3.63, 3.8) is 0 Å². The highest BCUT2D eigenvalue weighted by molar-refractivity contribution is 7.53. The van der Waals surface area contributed by atoms with E-state index in [9.17, 15) is 32.4 Å². The number of amides is 1. The number of anilines is 5. The lowest BCUT2D eigenvalue weighted by molar-refractivity contribution is -0.148. The summed E-state index contributed by atoms with van der Waals surface area (Å²) in [5.74, 6) is -1.89. The molecular weight excluding hydrogens is 702 g/mol. The van der Waals surface area contributed by atoms with Gasteiger partial charge in [-0.1, -0.05) is 32.9 Å². The molecular formula is C35H45F3N7O6P. The van der Waals surface area contributed by atoms with Crippen molar-refractivity contribution in [2.75, 3.05) is 62.0 Å². The summed E-state index contributed by atoms with van der Waals surface area (Å²) in [5, 5.41) is 15.6. The van der Waals surface area contributed by atoms with Crippen molar-refractivity contribution >= 4 is 48.3 Å². The molecule has 2 aromatic carbocycles. The minimum Gasteiger partial charge on any atom is -0.480 e. The summed E-state index contributed by atoms with van der Waals surface area (Å²) in [7, 11) is -1.71. The third-order valence-electron chi connectivity index (χ3n) is 8.90. The number of hydrogen-bond donors (Lipinski definition) is 3. The molecule has 3 aromatic rings. The predicted molar refractivity (Wildman–Crippen MR) is 192 cm³/mol. The van der Waals surface area contributed by atoms with Crippen molar-refractivity contribution in [3.8, 4) is 0 Å². The second-order valence-electron chi connectivity index (χ2n) is 13.8. The van der Waals surface area contributed by atoms with Gasteiger partial charge in [0.15, 0.2) is 0 Å². The fourth-order valence-electron chi connectivity index (χ4n) is 6.68. The second-order valence-corrected chi connectivity index (χ2v) is 15.8. The normalized spacial score (nSPS) is 16.2. The molecule has 3 N–H and O–H groups in total. The first-order valence-electron chi connectivity index (χ1n) is 17.0. The Kier molecular flexibility index (Phi) is 11.5. The van der Waals surface area contributed by atoms with E-state index in [0.717, 1.165) is 5.69 Å². The van der Waals surface area contributed by atoms with Gasteiger partial charge >= 0.3 is 19.7 Å². The molecule has 17 heteroatoms. The van der Waals surface area contributed by atoms with Gasteiger partial charge in [-0.25, -0.2) is 4.98 Å². The molecule has 0 aliphatic carbocycles. The molecule has 52 heavy (non-hydrogen) atoms. The summed E-state index contributed by atoms with van der Waals surface area (Å²) >= 11 is 0. The molecule has 1 unspecified atom stereocenters. The Labute approximate surface area is 301 Å². The Bertz CT molecular complexity index is 1820. The first-order chi connectivity index (χ1) is 24.4. The van der Waals surface area contributed by atoms with E-state index in [1.165, 1.54) is 4.90 Å². The zero-order valence-electron chi connectivity index (χ0n) is 30.1. The number of halogens is 3. The first-order valence-corrected chi connectivity index (χ1v) is 18.8. The number of aliphatic carboxylic acids is 1. The number of nitrogens with zero attached hydrogens (tertiary/aromatic N) is 5. The highest BCUT2D eigenvalue weighted by atomic mass is 31.2. The van der Waals surface area contributed by atoms with Gasteiger partial charge in [-0.15, -0.1) is 0 Å². The summed E-state index contributed by atoms with van der Waals surface area (Å²) in [6.45, 7) is 11.8. The number of carboxylic acids is 1. The van der Waals surface area contributed by atoms with Crippen LogP contribution in [0.2, 0.25) is 0 Å². The van der Waals surface area contributed by atoms with Crippen LogP contribution < -0.4 is 15.5 Å². The van der Waals surface area contributed by atoms with E-state index < -0.39 is 42.6 Å². The van der Waals surface area contributed by atoms with E-state index in [1.54, 1.807) is 57.3 Å². The van der Waals surface area contributed by atoms with Crippen LogP contribution >= 0.6 is 7.60 Å². The Morgan fingerprint density at radius 1 is 1.00 bits per heavy atom. The smallest absolute Gasteiger partial charge is 0.421 e. The van der Waals surface area contributed by atoms with Crippen molar-refractivity contribution in [1.29, 1.82) is 0 Å². The average molecular weight is 748 g/mol. The molecule has 1 atom stereocenters. The van der Waals surface area contributed by atoms with Crippen molar-refractivity contribution in [2.45, 2.75) is 59.5 Å². The predicted octanol–water partition coefficient (Wildman–Crippen LogP) is 6.96. The van der Waals surface area contributed by atoms with Crippen LogP contribution in [0.1, 0.15) is 61.7 Å². The van der Waals surface area contributed by atoms with E-state index in [4.69, 9.17) is 9.05 Å². The number of hydrogen-bond acceptors (Lipinski definition) is 11. The minimum atomic E-state index is -4.80. The van der Waals surface area contributed by atoms with E-state index in [-0.39, 0.29) is 49.0 Å². The van der Waals surface area contributed by atoms with Gasteiger partial charge in [-0.05, 0) is 49.1 Å². The number of benzene rings is 2.